The highest BCUT2D eigenvalue weighted by atomic mass is 32.1. The number of aromatic nitrogens is 3. The van der Waals surface area contributed by atoms with E-state index >= 15 is 0 Å². The molecule has 2 aromatic heterocycles. The van der Waals surface area contributed by atoms with Crippen LogP contribution in [0.2, 0.25) is 0 Å². The molecule has 4 aromatic rings. The molecule has 8 heteroatoms. The molecular weight excluding hydrogens is 404 g/mol. The second-order valence-electron chi connectivity index (χ2n) is 7.68. The van der Waals surface area contributed by atoms with Gasteiger partial charge >= 0.3 is 5.97 Å². The van der Waals surface area contributed by atoms with Crippen LogP contribution in [0.4, 0.5) is 11.6 Å². The number of carbonyl (C=O) groups excluding carboxylic acids is 1. The normalized spacial score (nSPS) is 11.7. The fourth-order valence-electron chi connectivity index (χ4n) is 2.72. The van der Waals surface area contributed by atoms with Crippen LogP contribution in [0.1, 0.15) is 25.8 Å². The molecule has 0 amide bonds. The predicted molar refractivity (Wildman–Crippen MR) is 120 cm³/mol. The van der Waals surface area contributed by atoms with E-state index in [-0.39, 0.29) is 12.6 Å². The zero-order valence-corrected chi connectivity index (χ0v) is 18.1. The van der Waals surface area contributed by atoms with Crippen LogP contribution in [0.5, 0.6) is 0 Å². The zero-order chi connectivity index (χ0) is 20.6. The van der Waals surface area contributed by atoms with E-state index in [0.29, 0.717) is 5.95 Å². The molecule has 1 N–H and O–H groups in total. The van der Waals surface area contributed by atoms with Gasteiger partial charge in [-0.1, -0.05) is 6.07 Å². The van der Waals surface area contributed by atoms with E-state index < -0.39 is 5.41 Å². The van der Waals surface area contributed by atoms with Crippen molar-refractivity contribution < 1.29 is 9.53 Å². The first-order valence-corrected chi connectivity index (χ1v) is 10.4. The SMILES string of the molecule is CC(C)(C)C(=O)OCc1nc2ccc3cnc(Nc4cccc([SH2+])c4)nc3c2s1. The van der Waals surface area contributed by atoms with Gasteiger partial charge in [0.1, 0.15) is 11.6 Å². The molecule has 4 rings (SSSR count). The minimum Gasteiger partial charge on any atom is -0.458 e. The molecule has 0 aliphatic carbocycles. The summed E-state index contributed by atoms with van der Waals surface area (Å²) in [5.74, 6) is 0.265. The number of carbonyl (C=O) groups is 1. The van der Waals surface area contributed by atoms with Crippen molar-refractivity contribution in [1.29, 1.82) is 0 Å². The van der Waals surface area contributed by atoms with Gasteiger partial charge in [0, 0.05) is 23.3 Å². The minimum atomic E-state index is -0.538. The summed E-state index contributed by atoms with van der Waals surface area (Å²) < 4.78 is 6.36. The fourth-order valence-corrected chi connectivity index (χ4v) is 3.94. The third-order valence-electron chi connectivity index (χ3n) is 4.21. The van der Waals surface area contributed by atoms with Crippen molar-refractivity contribution in [2.45, 2.75) is 32.3 Å². The van der Waals surface area contributed by atoms with Gasteiger partial charge in [0.15, 0.2) is 4.90 Å². The van der Waals surface area contributed by atoms with E-state index in [1.54, 1.807) is 6.20 Å². The molecule has 6 nitrogen and oxygen atoms in total. The van der Waals surface area contributed by atoms with Crippen LogP contribution in [0, 0.1) is 5.41 Å². The summed E-state index contributed by atoms with van der Waals surface area (Å²) in [5.41, 5.74) is 2.00. The van der Waals surface area contributed by atoms with Crippen LogP contribution in [0.25, 0.3) is 21.1 Å². The molecule has 0 radical (unpaired) electrons. The van der Waals surface area contributed by atoms with Gasteiger partial charge in [-0.05, 0) is 57.7 Å². The molecule has 0 fully saturated rings. The second kappa shape index (κ2) is 7.61. The predicted octanol–water partition coefficient (Wildman–Crippen LogP) is 4.44. The van der Waals surface area contributed by atoms with Gasteiger partial charge in [-0.15, -0.1) is 11.3 Å². The number of fused-ring (bicyclic) bond motifs is 3. The van der Waals surface area contributed by atoms with Crippen LogP contribution in [-0.4, -0.2) is 20.9 Å². The van der Waals surface area contributed by atoms with Crippen LogP contribution in [-0.2, 0) is 28.8 Å². The number of ether oxygens (including phenoxy) is 1. The summed E-state index contributed by atoms with van der Waals surface area (Å²) in [6.07, 6.45) is 1.79. The summed E-state index contributed by atoms with van der Waals surface area (Å²) in [6, 6.07) is 11.7. The number of benzene rings is 2. The zero-order valence-electron chi connectivity index (χ0n) is 16.3. The van der Waals surface area contributed by atoms with Crippen molar-refractivity contribution in [2.24, 2.45) is 5.41 Å². The number of hydrogen-bond acceptors (Lipinski definition) is 7. The summed E-state index contributed by atoms with van der Waals surface area (Å²) in [7, 11) is 0. The van der Waals surface area contributed by atoms with E-state index in [4.69, 9.17) is 9.72 Å². The Kier molecular flexibility index (Phi) is 5.14. The quantitative estimate of drug-likeness (QED) is 0.385. The highest BCUT2D eigenvalue weighted by Crippen LogP contribution is 2.30. The molecule has 0 spiro atoms. The molecule has 0 bridgehead atoms. The van der Waals surface area contributed by atoms with Gasteiger partial charge in [-0.2, -0.15) is 0 Å². The van der Waals surface area contributed by atoms with Gasteiger partial charge < -0.3 is 10.1 Å². The maximum Gasteiger partial charge on any atom is 0.311 e. The average Bonchev–Trinajstić information content (AvgIpc) is 3.09. The maximum absolute atomic E-state index is 12.0. The lowest BCUT2D eigenvalue weighted by Gasteiger charge is -2.15. The Balaban J connectivity index is 1.65. The second-order valence-corrected chi connectivity index (χ2v) is 9.35. The van der Waals surface area contributed by atoms with Gasteiger partial charge in [0.25, 0.3) is 0 Å². The average molecular weight is 426 g/mol. The molecule has 0 saturated heterocycles. The number of nitrogens with zero attached hydrogens (tertiary/aromatic N) is 3. The molecule has 2 heterocycles. The largest absolute Gasteiger partial charge is 0.458 e. The van der Waals surface area contributed by atoms with E-state index in [1.807, 2.05) is 57.2 Å². The molecule has 29 heavy (non-hydrogen) atoms. The van der Waals surface area contributed by atoms with Crippen molar-refractivity contribution in [2.75, 3.05) is 5.32 Å². The third kappa shape index (κ3) is 4.33. The molecule has 0 unspecified atom stereocenters. The van der Waals surface area contributed by atoms with Gasteiger partial charge in [0.2, 0.25) is 5.95 Å². The Bertz CT molecular complexity index is 1210. The number of nitrogens with one attached hydrogen (secondary N) is 1. The first-order valence-electron chi connectivity index (χ1n) is 9.11. The van der Waals surface area contributed by atoms with E-state index in [1.165, 1.54) is 11.3 Å². The standard InChI is InChI=1S/C21H20N4O2S2/c1-21(2,3)19(26)27-11-16-24-15-8-7-12-10-22-20(25-17(12)18(15)29-16)23-13-5-4-6-14(28)9-13/h4-10,28H,11H2,1-3H3,(H,22,23,25)/p+1. The molecule has 0 saturated carbocycles. The van der Waals surface area contributed by atoms with Crippen molar-refractivity contribution in [3.05, 3.63) is 47.6 Å². The van der Waals surface area contributed by atoms with Crippen LogP contribution in [0.3, 0.4) is 0 Å². The number of hydrogen-bond donors (Lipinski definition) is 1. The first kappa shape index (κ1) is 19.6. The third-order valence-corrected chi connectivity index (χ3v) is 5.57. The van der Waals surface area contributed by atoms with Crippen LogP contribution < -0.4 is 5.32 Å². The molecule has 2 aromatic carbocycles. The lowest BCUT2D eigenvalue weighted by Crippen LogP contribution is -2.22. The van der Waals surface area contributed by atoms with Crippen LogP contribution >= 0.6 is 11.3 Å². The maximum atomic E-state index is 12.0. The van der Waals surface area contributed by atoms with E-state index in [2.05, 4.69) is 27.9 Å². The highest BCUT2D eigenvalue weighted by molar-refractivity contribution is 7.58. The van der Waals surface area contributed by atoms with Crippen molar-refractivity contribution in [3.63, 3.8) is 0 Å². The van der Waals surface area contributed by atoms with Crippen LogP contribution in [0.15, 0.2) is 47.5 Å². The lowest BCUT2D eigenvalue weighted by molar-refractivity contribution is -0.154. The monoisotopic (exact) mass is 425 g/mol. The van der Waals surface area contributed by atoms with Gasteiger partial charge in [-0.25, -0.2) is 15.0 Å². The molecule has 0 atom stereocenters. The summed E-state index contributed by atoms with van der Waals surface area (Å²) in [4.78, 5) is 26.7. The van der Waals surface area contributed by atoms with Crippen molar-refractivity contribution in [1.82, 2.24) is 15.0 Å². The molecular formula is C21H21N4O2S2+. The highest BCUT2D eigenvalue weighted by Gasteiger charge is 2.23. The summed E-state index contributed by atoms with van der Waals surface area (Å²) in [5, 5.41) is 4.90. The summed E-state index contributed by atoms with van der Waals surface area (Å²) >= 11 is 5.00. The smallest absolute Gasteiger partial charge is 0.311 e. The lowest BCUT2D eigenvalue weighted by atomic mass is 9.97. The Morgan fingerprint density at radius 3 is 2.79 bits per heavy atom. The van der Waals surface area contributed by atoms with Crippen molar-refractivity contribution >= 4 is 62.7 Å². The van der Waals surface area contributed by atoms with Crippen molar-refractivity contribution in [3.8, 4) is 0 Å². The summed E-state index contributed by atoms with van der Waals surface area (Å²) in [6.45, 7) is 5.65. The molecule has 0 aliphatic rings. The first-order chi connectivity index (χ1) is 13.8. The number of esters is 1. The minimum absolute atomic E-state index is 0.158. The Hall–Kier alpha value is -2.71. The van der Waals surface area contributed by atoms with Gasteiger partial charge in [0.05, 0.1) is 21.1 Å². The Morgan fingerprint density at radius 2 is 2.03 bits per heavy atom. The Labute approximate surface area is 177 Å². The van der Waals surface area contributed by atoms with E-state index in [9.17, 15) is 4.79 Å². The number of anilines is 2. The van der Waals surface area contributed by atoms with Gasteiger partial charge in [-0.3, -0.25) is 4.79 Å². The molecule has 148 valence electrons. The topological polar surface area (TPSA) is 77.0 Å². The Morgan fingerprint density at radius 1 is 1.21 bits per heavy atom. The fraction of sp³-hybridized carbons (Fsp3) is 0.238. The van der Waals surface area contributed by atoms with E-state index in [0.717, 1.165) is 36.7 Å². The number of thiazole rings is 1. The molecule has 0 aliphatic heterocycles. The number of rotatable bonds is 4.